The van der Waals surface area contributed by atoms with E-state index in [2.05, 4.69) is 6.92 Å². The highest BCUT2D eigenvalue weighted by atomic mass is 32.2. The summed E-state index contributed by atoms with van der Waals surface area (Å²) in [7, 11) is -3.63. The number of piperidine rings is 2. The van der Waals surface area contributed by atoms with E-state index >= 15 is 0 Å². The molecule has 3 aliphatic rings. The molecule has 0 N–H and O–H groups in total. The van der Waals surface area contributed by atoms with Crippen molar-refractivity contribution in [2.45, 2.75) is 57.6 Å². The maximum absolute atomic E-state index is 13.4. The highest BCUT2D eigenvalue weighted by molar-refractivity contribution is 7.89. The van der Waals surface area contributed by atoms with Gasteiger partial charge in [0.25, 0.3) is 5.91 Å². The minimum atomic E-state index is -3.63. The molecule has 0 saturated carbocycles. The number of nitrogens with zero attached hydrogens (tertiary/aromatic N) is 2. The smallest absolute Gasteiger partial charge is 0.253 e. The van der Waals surface area contributed by atoms with Crippen LogP contribution in [0.4, 0.5) is 0 Å². The number of hydrogen-bond acceptors (Lipinski definition) is 5. The predicted molar refractivity (Wildman–Crippen MR) is 117 cm³/mol. The first kappa shape index (κ1) is 22.7. The van der Waals surface area contributed by atoms with Crippen molar-refractivity contribution in [1.82, 2.24) is 9.21 Å². The quantitative estimate of drug-likeness (QED) is 0.705. The van der Waals surface area contributed by atoms with Crippen LogP contribution in [0.3, 0.4) is 0 Å². The van der Waals surface area contributed by atoms with Gasteiger partial charge in [-0.15, -0.1) is 0 Å². The van der Waals surface area contributed by atoms with Gasteiger partial charge in [0.1, 0.15) is 0 Å². The lowest BCUT2D eigenvalue weighted by atomic mass is 9.96. The fraction of sp³-hybridized carbons (Fsp3) is 0.696. The molecule has 0 spiro atoms. The first-order valence-electron chi connectivity index (χ1n) is 11.4. The third-order valence-electron chi connectivity index (χ3n) is 7.00. The van der Waals surface area contributed by atoms with Crippen LogP contribution < -0.4 is 0 Å². The number of benzene rings is 1. The van der Waals surface area contributed by atoms with Gasteiger partial charge in [0.05, 0.1) is 18.1 Å². The van der Waals surface area contributed by atoms with Crippen molar-refractivity contribution in [1.29, 1.82) is 0 Å². The van der Waals surface area contributed by atoms with Crippen LogP contribution in [0.2, 0.25) is 0 Å². The lowest BCUT2D eigenvalue weighted by Crippen LogP contribution is -2.44. The van der Waals surface area contributed by atoms with E-state index in [1.165, 1.54) is 0 Å². The Kier molecular flexibility index (Phi) is 6.72. The van der Waals surface area contributed by atoms with Crippen LogP contribution in [0.1, 0.15) is 54.1 Å². The zero-order chi connectivity index (χ0) is 22.2. The van der Waals surface area contributed by atoms with Gasteiger partial charge >= 0.3 is 0 Å². The van der Waals surface area contributed by atoms with Gasteiger partial charge in [-0.3, -0.25) is 4.79 Å². The molecule has 3 heterocycles. The fourth-order valence-electron chi connectivity index (χ4n) is 4.83. The van der Waals surface area contributed by atoms with Gasteiger partial charge in [-0.25, -0.2) is 8.42 Å². The van der Waals surface area contributed by atoms with Gasteiger partial charge in [0.15, 0.2) is 6.29 Å². The number of hydrogen-bond donors (Lipinski definition) is 0. The van der Waals surface area contributed by atoms with Gasteiger partial charge in [-0.05, 0) is 68.7 Å². The Morgan fingerprint density at radius 3 is 2.39 bits per heavy atom. The van der Waals surface area contributed by atoms with E-state index < -0.39 is 10.0 Å². The Morgan fingerprint density at radius 1 is 1.03 bits per heavy atom. The van der Waals surface area contributed by atoms with Crippen LogP contribution in [-0.2, 0) is 19.5 Å². The van der Waals surface area contributed by atoms with Gasteiger partial charge in [-0.1, -0.05) is 6.92 Å². The van der Waals surface area contributed by atoms with E-state index in [1.807, 2.05) is 24.8 Å². The Morgan fingerprint density at radius 2 is 1.71 bits per heavy atom. The summed E-state index contributed by atoms with van der Waals surface area (Å²) in [4.78, 5) is 15.4. The summed E-state index contributed by atoms with van der Waals surface area (Å²) >= 11 is 0. The average Bonchev–Trinajstić information content (AvgIpc) is 3.30. The number of likely N-dealkylation sites (tertiary alicyclic amines) is 1. The molecule has 1 aromatic rings. The molecule has 1 aromatic carbocycles. The summed E-state index contributed by atoms with van der Waals surface area (Å²) in [6.45, 7) is 9.38. The second-order valence-corrected chi connectivity index (χ2v) is 11.2. The van der Waals surface area contributed by atoms with Crippen LogP contribution in [-0.4, -0.2) is 69.2 Å². The van der Waals surface area contributed by atoms with Gasteiger partial charge in [0.2, 0.25) is 10.0 Å². The van der Waals surface area contributed by atoms with Crippen LogP contribution in [0.15, 0.2) is 17.0 Å². The number of amides is 1. The molecule has 7 nitrogen and oxygen atoms in total. The number of ether oxygens (including phenoxy) is 2. The SMILES string of the molecule is Cc1cc(C(=O)N2CCCC(C3OCCO3)C2)cc(S(=O)(=O)N2CCC(C)CC2)c1C. The van der Waals surface area contributed by atoms with Crippen molar-refractivity contribution in [3.8, 4) is 0 Å². The fourth-order valence-corrected chi connectivity index (χ4v) is 6.62. The number of rotatable bonds is 4. The van der Waals surface area contributed by atoms with E-state index in [0.29, 0.717) is 50.9 Å². The van der Waals surface area contributed by atoms with E-state index in [-0.39, 0.29) is 23.0 Å². The maximum atomic E-state index is 13.4. The summed E-state index contributed by atoms with van der Waals surface area (Å²) in [5.74, 6) is 0.585. The van der Waals surface area contributed by atoms with E-state index in [4.69, 9.17) is 9.47 Å². The van der Waals surface area contributed by atoms with Crippen molar-refractivity contribution < 1.29 is 22.7 Å². The molecule has 3 saturated heterocycles. The lowest BCUT2D eigenvalue weighted by Gasteiger charge is -2.35. The molecule has 8 heteroatoms. The normalized spacial score (nSPS) is 24.6. The molecule has 0 aromatic heterocycles. The largest absolute Gasteiger partial charge is 0.350 e. The first-order chi connectivity index (χ1) is 14.8. The van der Waals surface area contributed by atoms with Gasteiger partial charge in [-0.2, -0.15) is 4.31 Å². The molecule has 1 amide bonds. The number of carbonyl (C=O) groups excluding carboxylic acids is 1. The van der Waals surface area contributed by atoms with E-state index in [0.717, 1.165) is 36.8 Å². The molecule has 0 aliphatic carbocycles. The molecule has 1 unspecified atom stereocenters. The van der Waals surface area contributed by atoms with Crippen molar-refractivity contribution in [3.05, 3.63) is 28.8 Å². The Labute approximate surface area is 185 Å². The minimum Gasteiger partial charge on any atom is -0.350 e. The molecule has 3 aliphatic heterocycles. The van der Waals surface area contributed by atoms with Crippen LogP contribution in [0.5, 0.6) is 0 Å². The number of aryl methyl sites for hydroxylation is 1. The molecular formula is C23H34N2O5S. The zero-order valence-electron chi connectivity index (χ0n) is 18.8. The predicted octanol–water partition coefficient (Wildman–Crippen LogP) is 2.95. The third-order valence-corrected chi connectivity index (χ3v) is 9.03. The monoisotopic (exact) mass is 450 g/mol. The molecule has 4 rings (SSSR count). The Hall–Kier alpha value is -1.48. The molecule has 31 heavy (non-hydrogen) atoms. The highest BCUT2D eigenvalue weighted by Crippen LogP contribution is 2.30. The first-order valence-corrected chi connectivity index (χ1v) is 12.8. The average molecular weight is 451 g/mol. The summed E-state index contributed by atoms with van der Waals surface area (Å²) in [6.07, 6.45) is 3.36. The number of sulfonamides is 1. The van der Waals surface area contributed by atoms with Crippen molar-refractivity contribution in [2.24, 2.45) is 11.8 Å². The summed E-state index contributed by atoms with van der Waals surface area (Å²) in [5.41, 5.74) is 1.99. The second-order valence-electron chi connectivity index (χ2n) is 9.27. The molecule has 172 valence electrons. The molecule has 3 fully saturated rings. The van der Waals surface area contributed by atoms with E-state index in [1.54, 1.807) is 10.4 Å². The highest BCUT2D eigenvalue weighted by Gasteiger charge is 2.34. The molecule has 1 atom stereocenters. The number of carbonyl (C=O) groups is 1. The van der Waals surface area contributed by atoms with Gasteiger partial charge in [0, 0.05) is 37.7 Å². The van der Waals surface area contributed by atoms with Crippen LogP contribution >= 0.6 is 0 Å². The van der Waals surface area contributed by atoms with Crippen molar-refractivity contribution >= 4 is 15.9 Å². The second kappa shape index (κ2) is 9.17. The lowest BCUT2D eigenvalue weighted by molar-refractivity contribution is -0.0969. The summed E-state index contributed by atoms with van der Waals surface area (Å²) < 4.78 is 39.7. The topological polar surface area (TPSA) is 76.1 Å². The summed E-state index contributed by atoms with van der Waals surface area (Å²) in [5, 5.41) is 0. The van der Waals surface area contributed by atoms with Gasteiger partial charge < -0.3 is 14.4 Å². The molecule has 0 radical (unpaired) electrons. The minimum absolute atomic E-state index is 0.116. The molecular weight excluding hydrogens is 416 g/mol. The Bertz CT molecular complexity index is 918. The molecule has 0 bridgehead atoms. The van der Waals surface area contributed by atoms with Crippen LogP contribution in [0, 0.1) is 25.7 Å². The maximum Gasteiger partial charge on any atom is 0.253 e. The zero-order valence-corrected chi connectivity index (χ0v) is 19.6. The van der Waals surface area contributed by atoms with E-state index in [9.17, 15) is 13.2 Å². The van der Waals surface area contributed by atoms with Crippen molar-refractivity contribution in [2.75, 3.05) is 39.4 Å². The summed E-state index contributed by atoms with van der Waals surface area (Å²) in [6, 6.07) is 3.41. The van der Waals surface area contributed by atoms with Crippen molar-refractivity contribution in [3.63, 3.8) is 0 Å². The standard InChI is InChI=1S/C23H34N2O5S/c1-16-6-9-25(10-7-16)31(27,28)21-14-20(13-17(2)18(21)3)22(26)24-8-4-5-19(15-24)23-29-11-12-30-23/h13-14,16,19,23H,4-12,15H2,1-3H3. The third kappa shape index (κ3) is 4.67. The van der Waals surface area contributed by atoms with Crippen LogP contribution in [0.25, 0.3) is 0 Å². The Balaban J connectivity index is 1.57.